The van der Waals surface area contributed by atoms with Crippen molar-refractivity contribution in [2.75, 3.05) is 25.5 Å². The molecule has 0 bridgehead atoms. The number of nitrogens with zero attached hydrogens (tertiary/aromatic N) is 4. The fraction of sp³-hybridized carbons (Fsp3) is 0.240. The minimum absolute atomic E-state index is 0.254. The molecule has 1 fully saturated rings. The molecule has 8 nitrogen and oxygen atoms in total. The van der Waals surface area contributed by atoms with Crippen molar-refractivity contribution in [2.45, 2.75) is 19.1 Å². The van der Waals surface area contributed by atoms with E-state index in [0.717, 1.165) is 35.5 Å². The van der Waals surface area contributed by atoms with Gasteiger partial charge in [0.05, 0.1) is 21.7 Å². The van der Waals surface area contributed by atoms with E-state index in [9.17, 15) is 9.90 Å². The molecule has 3 heterocycles. The SMILES string of the molecule is COn1c(=O)c(-c2c(Cl)cccc2Cl)cc2cnc(Nc3cccc(CN4CC[C@H](O)C4)c3)nc21. The van der Waals surface area contributed by atoms with Gasteiger partial charge in [0.1, 0.15) is 7.11 Å². The molecule has 35 heavy (non-hydrogen) atoms. The minimum atomic E-state index is -0.436. The topological polar surface area (TPSA) is 92.5 Å². The van der Waals surface area contributed by atoms with Gasteiger partial charge >= 0.3 is 0 Å². The van der Waals surface area contributed by atoms with Crippen molar-refractivity contribution < 1.29 is 9.94 Å². The summed E-state index contributed by atoms with van der Waals surface area (Å²) in [5, 5.41) is 14.3. The van der Waals surface area contributed by atoms with Gasteiger partial charge < -0.3 is 15.3 Å². The summed E-state index contributed by atoms with van der Waals surface area (Å²) in [4.78, 5) is 29.8. The normalized spacial score (nSPS) is 16.1. The van der Waals surface area contributed by atoms with Gasteiger partial charge in [0.15, 0.2) is 5.65 Å². The zero-order chi connectivity index (χ0) is 24.5. The molecule has 5 rings (SSSR count). The molecule has 2 N–H and O–H groups in total. The second-order valence-electron chi connectivity index (χ2n) is 8.41. The molecule has 0 amide bonds. The quantitative estimate of drug-likeness (QED) is 0.401. The van der Waals surface area contributed by atoms with Crippen LogP contribution in [0.1, 0.15) is 12.0 Å². The third-order valence-electron chi connectivity index (χ3n) is 5.95. The first kappa shape index (κ1) is 23.6. The fourth-order valence-corrected chi connectivity index (χ4v) is 4.92. The number of rotatable bonds is 6. The number of hydrogen-bond acceptors (Lipinski definition) is 7. The van der Waals surface area contributed by atoms with Gasteiger partial charge in [0, 0.05) is 42.5 Å². The van der Waals surface area contributed by atoms with Crippen molar-refractivity contribution in [1.29, 1.82) is 0 Å². The van der Waals surface area contributed by atoms with E-state index >= 15 is 0 Å². The summed E-state index contributed by atoms with van der Waals surface area (Å²) in [5.41, 5.74) is 2.52. The van der Waals surface area contributed by atoms with Gasteiger partial charge in [-0.05, 0) is 42.3 Å². The highest BCUT2D eigenvalue weighted by Gasteiger charge is 2.20. The molecular weight excluding hydrogens is 489 g/mol. The van der Waals surface area contributed by atoms with Crippen LogP contribution < -0.4 is 15.7 Å². The average molecular weight is 512 g/mol. The lowest BCUT2D eigenvalue weighted by Gasteiger charge is -2.16. The predicted octanol–water partition coefficient (Wildman–Crippen LogP) is 4.13. The number of nitrogens with one attached hydrogen (secondary N) is 1. The van der Waals surface area contributed by atoms with Crippen LogP contribution >= 0.6 is 23.2 Å². The van der Waals surface area contributed by atoms with Crippen LogP contribution in [0.3, 0.4) is 0 Å². The van der Waals surface area contributed by atoms with Crippen LogP contribution in [-0.2, 0) is 6.54 Å². The Balaban J connectivity index is 1.47. The molecule has 2 aromatic heterocycles. The van der Waals surface area contributed by atoms with Crippen LogP contribution in [0.25, 0.3) is 22.2 Å². The average Bonchev–Trinajstić information content (AvgIpc) is 3.24. The van der Waals surface area contributed by atoms with Gasteiger partial charge in [-0.2, -0.15) is 4.98 Å². The highest BCUT2D eigenvalue weighted by molar-refractivity contribution is 6.39. The van der Waals surface area contributed by atoms with E-state index in [2.05, 4.69) is 20.2 Å². The maximum atomic E-state index is 13.2. The van der Waals surface area contributed by atoms with Crippen molar-refractivity contribution in [3.8, 4) is 11.1 Å². The van der Waals surface area contributed by atoms with Crippen LogP contribution in [0.15, 0.2) is 59.5 Å². The van der Waals surface area contributed by atoms with E-state index in [4.69, 9.17) is 28.0 Å². The van der Waals surface area contributed by atoms with Crippen molar-refractivity contribution in [1.82, 2.24) is 19.6 Å². The summed E-state index contributed by atoms with van der Waals surface area (Å²) >= 11 is 12.7. The lowest BCUT2D eigenvalue weighted by molar-refractivity contribution is 0.168. The molecule has 0 unspecified atom stereocenters. The van der Waals surface area contributed by atoms with Gasteiger partial charge in [-0.1, -0.05) is 41.4 Å². The number of likely N-dealkylation sites (tertiary alicyclic amines) is 1. The van der Waals surface area contributed by atoms with Crippen molar-refractivity contribution in [3.63, 3.8) is 0 Å². The molecule has 1 atom stereocenters. The number of aliphatic hydroxyl groups is 1. The minimum Gasteiger partial charge on any atom is -0.412 e. The Morgan fingerprint density at radius 2 is 1.94 bits per heavy atom. The van der Waals surface area contributed by atoms with Gasteiger partial charge in [-0.25, -0.2) is 4.98 Å². The highest BCUT2D eigenvalue weighted by atomic mass is 35.5. The second-order valence-corrected chi connectivity index (χ2v) is 9.23. The molecule has 0 radical (unpaired) electrons. The van der Waals surface area contributed by atoms with Crippen LogP contribution in [0.2, 0.25) is 10.0 Å². The van der Waals surface area contributed by atoms with E-state index in [1.165, 1.54) is 7.11 Å². The van der Waals surface area contributed by atoms with Gasteiger partial charge in [0.2, 0.25) is 5.95 Å². The largest absolute Gasteiger partial charge is 0.412 e. The predicted molar refractivity (Wildman–Crippen MR) is 137 cm³/mol. The first-order chi connectivity index (χ1) is 16.9. The molecule has 2 aromatic carbocycles. The molecule has 0 saturated carbocycles. The Labute approximate surface area is 211 Å². The first-order valence-corrected chi connectivity index (χ1v) is 11.9. The smallest absolute Gasteiger partial charge is 0.293 e. The van der Waals surface area contributed by atoms with Crippen molar-refractivity contribution in [2.24, 2.45) is 0 Å². The monoisotopic (exact) mass is 511 g/mol. The van der Waals surface area contributed by atoms with Crippen LogP contribution in [0, 0.1) is 0 Å². The molecular formula is C25H23Cl2N5O3. The van der Waals surface area contributed by atoms with Crippen molar-refractivity contribution >= 4 is 45.9 Å². The number of fused-ring (bicyclic) bond motifs is 1. The Bertz CT molecular complexity index is 1440. The van der Waals surface area contributed by atoms with E-state index < -0.39 is 5.56 Å². The van der Waals surface area contributed by atoms with Gasteiger partial charge in [-0.3, -0.25) is 9.69 Å². The zero-order valence-corrected chi connectivity index (χ0v) is 20.4. The number of pyridine rings is 1. The van der Waals surface area contributed by atoms with E-state index in [-0.39, 0.29) is 6.10 Å². The fourth-order valence-electron chi connectivity index (χ4n) is 4.32. The molecule has 1 saturated heterocycles. The number of hydrogen-bond donors (Lipinski definition) is 2. The lowest BCUT2D eigenvalue weighted by Crippen LogP contribution is -2.27. The summed E-state index contributed by atoms with van der Waals surface area (Å²) in [6.07, 6.45) is 2.16. The molecule has 10 heteroatoms. The highest BCUT2D eigenvalue weighted by Crippen LogP contribution is 2.33. The molecule has 1 aliphatic rings. The summed E-state index contributed by atoms with van der Waals surface area (Å²) in [6, 6.07) is 14.7. The van der Waals surface area contributed by atoms with E-state index in [1.807, 2.05) is 24.3 Å². The van der Waals surface area contributed by atoms with Crippen LogP contribution in [0.4, 0.5) is 11.6 Å². The standard InChI is InChI=1S/C25H23Cl2N5O3/c1-35-32-23-16(11-19(24(32)34)22-20(26)6-3-7-21(22)27)12-28-25(30-23)29-17-5-2-4-15(10-17)13-31-9-8-18(33)14-31/h2-7,10-12,18,33H,8-9,13-14H2,1H3,(H,28,29,30)/t18-/m0/s1. The number of benzene rings is 2. The van der Waals surface area contributed by atoms with E-state index in [1.54, 1.807) is 30.5 Å². The summed E-state index contributed by atoms with van der Waals surface area (Å²) < 4.78 is 1.10. The van der Waals surface area contributed by atoms with E-state index in [0.29, 0.717) is 44.7 Å². The summed E-state index contributed by atoms with van der Waals surface area (Å²) in [7, 11) is 1.40. The Morgan fingerprint density at radius 1 is 1.17 bits per heavy atom. The zero-order valence-electron chi connectivity index (χ0n) is 18.9. The number of aliphatic hydroxyl groups excluding tert-OH is 1. The number of halogens is 2. The Hall–Kier alpha value is -3.17. The first-order valence-electron chi connectivity index (χ1n) is 11.1. The molecule has 1 aliphatic heterocycles. The summed E-state index contributed by atoms with van der Waals surface area (Å²) in [6.45, 7) is 2.31. The number of β-amino-alcohol motifs (C(OH)–C–C–N with tert-alkyl or cyclic N) is 1. The third-order valence-corrected chi connectivity index (χ3v) is 6.58. The summed E-state index contributed by atoms with van der Waals surface area (Å²) in [5.74, 6) is 0.319. The molecule has 0 aliphatic carbocycles. The molecule has 180 valence electrons. The maximum Gasteiger partial charge on any atom is 0.293 e. The van der Waals surface area contributed by atoms with Crippen molar-refractivity contribution in [3.05, 3.63) is 80.7 Å². The van der Waals surface area contributed by atoms with Gasteiger partial charge in [-0.15, -0.1) is 4.73 Å². The molecule has 0 spiro atoms. The van der Waals surface area contributed by atoms with Gasteiger partial charge in [0.25, 0.3) is 5.56 Å². The Kier molecular flexibility index (Phi) is 6.62. The second kappa shape index (κ2) is 9.83. The van der Waals surface area contributed by atoms with Crippen LogP contribution in [-0.4, -0.2) is 51.0 Å². The lowest BCUT2D eigenvalue weighted by atomic mass is 10.1. The third kappa shape index (κ3) is 4.83. The Morgan fingerprint density at radius 3 is 2.66 bits per heavy atom. The number of aromatic nitrogens is 3. The molecule has 4 aromatic rings. The number of anilines is 2. The van der Waals surface area contributed by atoms with Crippen LogP contribution in [0.5, 0.6) is 0 Å². The maximum absolute atomic E-state index is 13.2.